The van der Waals surface area contributed by atoms with Crippen molar-refractivity contribution in [2.45, 2.75) is 11.5 Å². The number of ether oxygens (including phenoxy) is 1. The second-order valence-electron chi connectivity index (χ2n) is 6.04. The van der Waals surface area contributed by atoms with Gasteiger partial charge in [-0.25, -0.2) is 13.4 Å². The van der Waals surface area contributed by atoms with Crippen LogP contribution < -0.4 is 4.74 Å². The number of hydrogen-bond donors (Lipinski definition) is 0. The van der Waals surface area contributed by atoms with Gasteiger partial charge in [-0.05, 0) is 35.7 Å². The summed E-state index contributed by atoms with van der Waals surface area (Å²) < 4.78 is 29.3. The molecule has 0 saturated carbocycles. The predicted octanol–water partition coefficient (Wildman–Crippen LogP) is 4.34. The van der Waals surface area contributed by atoms with E-state index in [0.29, 0.717) is 18.2 Å². The van der Waals surface area contributed by atoms with Crippen molar-refractivity contribution in [3.8, 4) is 17.1 Å². The molecule has 1 aromatic carbocycles. The Bertz CT molecular complexity index is 1190. The molecule has 0 aliphatic carbocycles. The predicted molar refractivity (Wildman–Crippen MR) is 107 cm³/mol. The second-order valence-corrected chi connectivity index (χ2v) is 9.09. The molecule has 0 amide bonds. The molecule has 4 aromatic rings. The van der Waals surface area contributed by atoms with Crippen molar-refractivity contribution in [1.29, 1.82) is 0 Å². The monoisotopic (exact) mass is 396 g/mol. The largest absolute Gasteiger partial charge is 0.472 e. The first-order valence-corrected chi connectivity index (χ1v) is 11.0. The van der Waals surface area contributed by atoms with Crippen LogP contribution in [0, 0.1) is 0 Å². The number of benzene rings is 1. The van der Waals surface area contributed by atoms with Gasteiger partial charge in [-0.3, -0.25) is 4.98 Å². The van der Waals surface area contributed by atoms with E-state index in [0.717, 1.165) is 21.3 Å². The molecule has 0 fully saturated rings. The summed E-state index contributed by atoms with van der Waals surface area (Å²) in [7, 11) is -3.24. The third-order valence-electron chi connectivity index (χ3n) is 4.07. The maximum absolute atomic E-state index is 11.7. The first-order chi connectivity index (χ1) is 13.0. The van der Waals surface area contributed by atoms with Crippen molar-refractivity contribution >= 4 is 32.1 Å². The lowest BCUT2D eigenvalue weighted by molar-refractivity contribution is 0.298. The topological polar surface area (TPSA) is 69.2 Å². The van der Waals surface area contributed by atoms with Gasteiger partial charge in [-0.2, -0.15) is 0 Å². The minimum absolute atomic E-state index is 0.277. The molecule has 0 unspecified atom stereocenters. The first-order valence-electron chi connectivity index (χ1n) is 8.22. The quantitative estimate of drug-likeness (QED) is 0.502. The van der Waals surface area contributed by atoms with E-state index in [-0.39, 0.29) is 4.90 Å². The van der Waals surface area contributed by atoms with Crippen LogP contribution in [-0.2, 0) is 16.4 Å². The molecule has 0 aliphatic rings. The van der Waals surface area contributed by atoms with E-state index in [1.54, 1.807) is 41.8 Å². The Morgan fingerprint density at radius 2 is 1.89 bits per heavy atom. The van der Waals surface area contributed by atoms with Gasteiger partial charge in [0, 0.05) is 34.3 Å². The molecule has 5 nitrogen and oxygen atoms in total. The molecular formula is C20H16N2O3S2. The van der Waals surface area contributed by atoms with Crippen LogP contribution in [-0.4, -0.2) is 24.6 Å². The van der Waals surface area contributed by atoms with E-state index < -0.39 is 9.84 Å². The lowest BCUT2D eigenvalue weighted by Crippen LogP contribution is -1.99. The fourth-order valence-electron chi connectivity index (χ4n) is 2.75. The highest BCUT2D eigenvalue weighted by molar-refractivity contribution is 7.90. The van der Waals surface area contributed by atoms with Gasteiger partial charge in [0.25, 0.3) is 0 Å². The highest BCUT2D eigenvalue weighted by Gasteiger charge is 2.12. The smallest absolute Gasteiger partial charge is 0.216 e. The SMILES string of the molecule is CS(=O)(=O)c1ccc(-c2nc(OCc3cccs3)cc3ncccc23)cc1. The van der Waals surface area contributed by atoms with Gasteiger partial charge in [0.05, 0.1) is 16.1 Å². The summed E-state index contributed by atoms with van der Waals surface area (Å²) in [4.78, 5) is 10.5. The van der Waals surface area contributed by atoms with Crippen LogP contribution in [0.3, 0.4) is 0 Å². The van der Waals surface area contributed by atoms with E-state index in [9.17, 15) is 8.42 Å². The third kappa shape index (κ3) is 3.84. The summed E-state index contributed by atoms with van der Waals surface area (Å²) in [6.07, 6.45) is 2.92. The maximum atomic E-state index is 11.7. The van der Waals surface area contributed by atoms with E-state index in [1.807, 2.05) is 35.7 Å². The van der Waals surface area contributed by atoms with Crippen LogP contribution in [0.15, 0.2) is 71.1 Å². The van der Waals surface area contributed by atoms with Crippen LogP contribution in [0.25, 0.3) is 22.2 Å². The lowest BCUT2D eigenvalue weighted by atomic mass is 10.1. The molecule has 0 atom stereocenters. The van der Waals surface area contributed by atoms with Crippen molar-refractivity contribution < 1.29 is 13.2 Å². The molecule has 3 heterocycles. The van der Waals surface area contributed by atoms with Gasteiger partial charge in [0.15, 0.2) is 9.84 Å². The summed E-state index contributed by atoms with van der Waals surface area (Å²) in [6.45, 7) is 0.440. The second kappa shape index (κ2) is 7.09. The Kier molecular flexibility index (Phi) is 4.63. The first kappa shape index (κ1) is 17.6. The number of rotatable bonds is 5. The van der Waals surface area contributed by atoms with Gasteiger partial charge >= 0.3 is 0 Å². The van der Waals surface area contributed by atoms with Crippen molar-refractivity contribution in [2.24, 2.45) is 0 Å². The van der Waals surface area contributed by atoms with Crippen LogP contribution in [0.4, 0.5) is 0 Å². The molecule has 3 aromatic heterocycles. The number of thiophene rings is 1. The van der Waals surface area contributed by atoms with Crippen molar-refractivity contribution in [1.82, 2.24) is 9.97 Å². The summed E-state index contributed by atoms with van der Waals surface area (Å²) in [5, 5.41) is 2.89. The van der Waals surface area contributed by atoms with Crippen LogP contribution in [0.1, 0.15) is 4.88 Å². The zero-order valence-electron chi connectivity index (χ0n) is 14.5. The standard InChI is InChI=1S/C20H16N2O3S2/c1-27(23,24)16-8-6-14(7-9-16)20-17-5-2-10-21-18(17)12-19(22-20)25-13-15-4-3-11-26-15/h2-12H,13H2,1H3. The number of pyridine rings is 2. The van der Waals surface area contributed by atoms with Crippen molar-refractivity contribution in [2.75, 3.05) is 6.26 Å². The molecule has 0 bridgehead atoms. The van der Waals surface area contributed by atoms with Gasteiger partial charge in [-0.1, -0.05) is 18.2 Å². The number of nitrogens with zero attached hydrogens (tertiary/aromatic N) is 2. The average molecular weight is 396 g/mol. The Morgan fingerprint density at radius 3 is 2.59 bits per heavy atom. The van der Waals surface area contributed by atoms with Crippen molar-refractivity contribution in [3.05, 3.63) is 71.1 Å². The van der Waals surface area contributed by atoms with Crippen LogP contribution in [0.5, 0.6) is 5.88 Å². The molecule has 0 saturated heterocycles. The van der Waals surface area contributed by atoms with Gasteiger partial charge in [0.1, 0.15) is 6.61 Å². The number of sulfone groups is 1. The van der Waals surface area contributed by atoms with Gasteiger partial charge in [0.2, 0.25) is 5.88 Å². The zero-order valence-corrected chi connectivity index (χ0v) is 16.1. The molecule has 4 rings (SSSR count). The minimum Gasteiger partial charge on any atom is -0.472 e. The molecule has 0 aliphatic heterocycles. The van der Waals surface area contributed by atoms with Crippen LogP contribution >= 0.6 is 11.3 Å². The average Bonchev–Trinajstić information content (AvgIpc) is 3.19. The third-order valence-corrected chi connectivity index (χ3v) is 6.05. The molecular weight excluding hydrogens is 380 g/mol. The summed E-state index contributed by atoms with van der Waals surface area (Å²) in [5.41, 5.74) is 2.29. The summed E-state index contributed by atoms with van der Waals surface area (Å²) in [6, 6.07) is 16.3. The Balaban J connectivity index is 1.76. The highest BCUT2D eigenvalue weighted by Crippen LogP contribution is 2.30. The van der Waals surface area contributed by atoms with Gasteiger partial charge in [-0.15, -0.1) is 11.3 Å². The highest BCUT2D eigenvalue weighted by atomic mass is 32.2. The van der Waals surface area contributed by atoms with E-state index >= 15 is 0 Å². The normalized spacial score (nSPS) is 11.6. The fraction of sp³-hybridized carbons (Fsp3) is 0.100. The van der Waals surface area contributed by atoms with E-state index in [1.165, 1.54) is 6.26 Å². The molecule has 136 valence electrons. The molecule has 27 heavy (non-hydrogen) atoms. The minimum atomic E-state index is -3.24. The molecule has 0 N–H and O–H groups in total. The Hall–Kier alpha value is -2.77. The van der Waals surface area contributed by atoms with Crippen molar-refractivity contribution in [3.63, 3.8) is 0 Å². The van der Waals surface area contributed by atoms with E-state index in [2.05, 4.69) is 9.97 Å². The maximum Gasteiger partial charge on any atom is 0.216 e. The van der Waals surface area contributed by atoms with E-state index in [4.69, 9.17) is 4.74 Å². The lowest BCUT2D eigenvalue weighted by Gasteiger charge is -2.10. The van der Waals surface area contributed by atoms with Gasteiger partial charge < -0.3 is 4.74 Å². The number of aromatic nitrogens is 2. The molecule has 7 heteroatoms. The summed E-state index contributed by atoms with van der Waals surface area (Å²) >= 11 is 1.62. The summed E-state index contributed by atoms with van der Waals surface area (Å²) in [5.74, 6) is 0.483. The molecule has 0 spiro atoms. The van der Waals surface area contributed by atoms with Crippen LogP contribution in [0.2, 0.25) is 0 Å². The fourth-order valence-corrected chi connectivity index (χ4v) is 3.99. The number of hydrogen-bond acceptors (Lipinski definition) is 6. The Labute approximate surface area is 161 Å². The zero-order chi connectivity index (χ0) is 18.9. The Morgan fingerprint density at radius 1 is 1.07 bits per heavy atom. The number of fused-ring (bicyclic) bond motifs is 1. The molecule has 0 radical (unpaired) electrons.